The number of carbonyl (C=O) groups is 2. The van der Waals surface area contributed by atoms with Gasteiger partial charge in [-0.2, -0.15) is 0 Å². The number of nitrogens with one attached hydrogen (secondary N) is 1. The maximum Gasteiger partial charge on any atom is 0.305 e. The summed E-state index contributed by atoms with van der Waals surface area (Å²) < 4.78 is 5.47. The van der Waals surface area contributed by atoms with E-state index in [9.17, 15) is 19.8 Å². The third-order valence-corrected chi connectivity index (χ3v) is 15.3. The topological polar surface area (TPSA) is 95.9 Å². The molecule has 0 radical (unpaired) electrons. The maximum absolute atomic E-state index is 12.5. The summed E-state index contributed by atoms with van der Waals surface area (Å²) in [6, 6.07) is -0.559. The fraction of sp³-hybridized carbons (Fsp3) is 0.909. The zero-order valence-electron chi connectivity index (χ0n) is 48.7. The van der Waals surface area contributed by atoms with E-state index in [0.717, 1.165) is 77.0 Å². The molecular formula is C66H127NO5. The number of ether oxygens (including phenoxy) is 1. The number of hydrogen-bond donors (Lipinski definition) is 3. The van der Waals surface area contributed by atoms with Crippen molar-refractivity contribution in [2.24, 2.45) is 0 Å². The first kappa shape index (κ1) is 70.3. The zero-order chi connectivity index (χ0) is 52.2. The van der Waals surface area contributed by atoms with Gasteiger partial charge in [-0.1, -0.05) is 314 Å². The number of amides is 1. The molecule has 2 unspecified atom stereocenters. The molecule has 6 heteroatoms. The SMILES string of the molecule is CCCCCCCCCCCCCCCCCCCCCCCCC(O)C(CO)NC(=O)CCCCCCCC/C=C\C=C/CCCCCOC(=O)CCCCCCCCCCCCCCCCCCCC. The van der Waals surface area contributed by atoms with E-state index in [-0.39, 0.29) is 18.5 Å². The Morgan fingerprint density at radius 2 is 0.681 bits per heavy atom. The van der Waals surface area contributed by atoms with Crippen molar-refractivity contribution in [3.63, 3.8) is 0 Å². The number of aliphatic hydroxyl groups is 2. The number of carbonyl (C=O) groups excluding carboxylic acids is 2. The van der Waals surface area contributed by atoms with Gasteiger partial charge < -0.3 is 20.3 Å². The Kier molecular flexibility index (Phi) is 60.5. The van der Waals surface area contributed by atoms with Crippen molar-refractivity contribution < 1.29 is 24.5 Å². The van der Waals surface area contributed by atoms with Crippen LogP contribution >= 0.6 is 0 Å². The molecule has 0 aliphatic carbocycles. The van der Waals surface area contributed by atoms with Crippen LogP contribution in [0.15, 0.2) is 24.3 Å². The highest BCUT2D eigenvalue weighted by atomic mass is 16.5. The van der Waals surface area contributed by atoms with Gasteiger partial charge in [0.15, 0.2) is 0 Å². The predicted octanol–water partition coefficient (Wildman–Crippen LogP) is 20.6. The van der Waals surface area contributed by atoms with Crippen LogP contribution in [0.2, 0.25) is 0 Å². The molecule has 0 aromatic rings. The minimum absolute atomic E-state index is 0.0163. The van der Waals surface area contributed by atoms with Gasteiger partial charge in [-0.15, -0.1) is 0 Å². The van der Waals surface area contributed by atoms with Crippen molar-refractivity contribution in [3.05, 3.63) is 24.3 Å². The second kappa shape index (κ2) is 61.9. The second-order valence-corrected chi connectivity index (χ2v) is 22.5. The Bertz CT molecular complexity index is 1120. The lowest BCUT2D eigenvalue weighted by Crippen LogP contribution is -2.45. The van der Waals surface area contributed by atoms with Gasteiger partial charge in [-0.25, -0.2) is 0 Å². The molecule has 0 aromatic heterocycles. The van der Waals surface area contributed by atoms with Crippen molar-refractivity contribution in [2.45, 2.75) is 373 Å². The zero-order valence-corrected chi connectivity index (χ0v) is 48.7. The first-order valence-corrected chi connectivity index (χ1v) is 32.6. The molecule has 0 spiro atoms. The molecule has 0 fully saturated rings. The van der Waals surface area contributed by atoms with Gasteiger partial charge in [0.05, 0.1) is 25.4 Å². The molecule has 3 N–H and O–H groups in total. The van der Waals surface area contributed by atoms with Crippen molar-refractivity contribution in [3.8, 4) is 0 Å². The molecule has 0 aliphatic heterocycles. The molecule has 0 rings (SSSR count). The van der Waals surface area contributed by atoms with Crippen LogP contribution in [-0.2, 0) is 14.3 Å². The average molecular weight is 1010 g/mol. The summed E-state index contributed by atoms with van der Waals surface area (Å²) in [5.74, 6) is -0.0698. The third kappa shape index (κ3) is 57.6. The lowest BCUT2D eigenvalue weighted by atomic mass is 10.0. The summed E-state index contributed by atoms with van der Waals surface area (Å²) in [6.45, 7) is 4.93. The van der Waals surface area contributed by atoms with Crippen LogP contribution in [0.1, 0.15) is 361 Å². The molecule has 2 atom stereocenters. The Morgan fingerprint density at radius 3 is 1.03 bits per heavy atom. The highest BCUT2D eigenvalue weighted by Gasteiger charge is 2.20. The summed E-state index contributed by atoms with van der Waals surface area (Å²) >= 11 is 0. The smallest absolute Gasteiger partial charge is 0.305 e. The molecule has 6 nitrogen and oxygen atoms in total. The number of hydrogen-bond acceptors (Lipinski definition) is 5. The van der Waals surface area contributed by atoms with Gasteiger partial charge in [-0.3, -0.25) is 9.59 Å². The molecule has 0 heterocycles. The fourth-order valence-electron chi connectivity index (χ4n) is 10.3. The van der Waals surface area contributed by atoms with Crippen LogP contribution in [0, 0.1) is 0 Å². The molecule has 0 aliphatic rings. The Labute approximate surface area is 450 Å². The number of esters is 1. The average Bonchev–Trinajstić information content (AvgIpc) is 3.38. The molecular weight excluding hydrogens is 887 g/mol. The lowest BCUT2D eigenvalue weighted by Gasteiger charge is -2.22. The van der Waals surface area contributed by atoms with Gasteiger partial charge in [-0.05, 0) is 57.8 Å². The van der Waals surface area contributed by atoms with Gasteiger partial charge in [0.2, 0.25) is 5.91 Å². The Balaban J connectivity index is 3.48. The summed E-state index contributed by atoms with van der Waals surface area (Å²) in [4.78, 5) is 24.6. The first-order chi connectivity index (χ1) is 35.5. The van der Waals surface area contributed by atoms with Gasteiger partial charge >= 0.3 is 5.97 Å². The van der Waals surface area contributed by atoms with E-state index in [0.29, 0.717) is 25.9 Å². The highest BCUT2D eigenvalue weighted by Crippen LogP contribution is 2.18. The molecule has 0 saturated carbocycles. The van der Waals surface area contributed by atoms with Gasteiger partial charge in [0.1, 0.15) is 0 Å². The van der Waals surface area contributed by atoms with E-state index in [1.165, 1.54) is 250 Å². The second-order valence-electron chi connectivity index (χ2n) is 22.5. The number of aliphatic hydroxyl groups excluding tert-OH is 2. The van der Waals surface area contributed by atoms with Crippen molar-refractivity contribution >= 4 is 11.9 Å². The van der Waals surface area contributed by atoms with E-state index in [1.54, 1.807) is 0 Å². The fourth-order valence-corrected chi connectivity index (χ4v) is 10.3. The van der Waals surface area contributed by atoms with Crippen LogP contribution in [0.5, 0.6) is 0 Å². The standard InChI is InChI=1S/C66H127NO5/c1-3-5-7-9-11-13-15-17-19-21-23-24-25-26-27-30-34-38-42-46-50-54-58-64(69)63(62-68)67-65(70)59-55-51-47-43-39-35-31-29-33-37-41-45-49-53-57-61-72-66(71)60-56-52-48-44-40-36-32-28-22-20-18-16-14-12-10-8-6-4-2/h29,33,37,41,63-64,68-69H,3-28,30-32,34-36,38-40,42-62H2,1-2H3,(H,67,70)/b33-29-,41-37-. The Morgan fingerprint density at radius 1 is 0.389 bits per heavy atom. The molecule has 72 heavy (non-hydrogen) atoms. The van der Waals surface area contributed by atoms with Crippen molar-refractivity contribution in [1.29, 1.82) is 0 Å². The van der Waals surface area contributed by atoms with E-state index >= 15 is 0 Å². The van der Waals surface area contributed by atoms with Crippen LogP contribution < -0.4 is 5.32 Å². The number of rotatable bonds is 61. The monoisotopic (exact) mass is 1010 g/mol. The van der Waals surface area contributed by atoms with Crippen LogP contribution in [0.4, 0.5) is 0 Å². The quantitative estimate of drug-likeness (QED) is 0.0320. The largest absolute Gasteiger partial charge is 0.466 e. The Hall–Kier alpha value is -1.66. The molecule has 0 bridgehead atoms. The molecule has 0 aromatic carbocycles. The van der Waals surface area contributed by atoms with Crippen LogP contribution in [0.25, 0.3) is 0 Å². The minimum Gasteiger partial charge on any atom is -0.466 e. The number of allylic oxidation sites excluding steroid dienone is 4. The number of unbranched alkanes of at least 4 members (excludes halogenated alkanes) is 47. The van der Waals surface area contributed by atoms with Gasteiger partial charge in [0.25, 0.3) is 0 Å². The van der Waals surface area contributed by atoms with Crippen LogP contribution in [0.3, 0.4) is 0 Å². The minimum atomic E-state index is -0.680. The van der Waals surface area contributed by atoms with E-state index in [2.05, 4.69) is 43.5 Å². The molecule has 426 valence electrons. The summed E-state index contributed by atoms with van der Waals surface area (Å²) in [6.07, 6.45) is 76.2. The summed E-state index contributed by atoms with van der Waals surface area (Å²) in [7, 11) is 0. The highest BCUT2D eigenvalue weighted by molar-refractivity contribution is 5.76. The maximum atomic E-state index is 12.5. The van der Waals surface area contributed by atoms with E-state index in [1.807, 2.05) is 0 Å². The summed E-state index contributed by atoms with van der Waals surface area (Å²) in [5.41, 5.74) is 0. The van der Waals surface area contributed by atoms with Crippen LogP contribution in [-0.4, -0.2) is 47.4 Å². The third-order valence-electron chi connectivity index (χ3n) is 15.3. The van der Waals surface area contributed by atoms with Crippen molar-refractivity contribution in [1.82, 2.24) is 5.32 Å². The van der Waals surface area contributed by atoms with Crippen molar-refractivity contribution in [2.75, 3.05) is 13.2 Å². The first-order valence-electron chi connectivity index (χ1n) is 32.6. The lowest BCUT2D eigenvalue weighted by molar-refractivity contribution is -0.143. The summed E-state index contributed by atoms with van der Waals surface area (Å²) in [5, 5.41) is 23.4. The van der Waals surface area contributed by atoms with Gasteiger partial charge in [0, 0.05) is 12.8 Å². The molecule has 1 amide bonds. The molecule has 0 saturated heterocycles. The van der Waals surface area contributed by atoms with E-state index < -0.39 is 12.1 Å². The normalized spacial score (nSPS) is 12.7. The predicted molar refractivity (Wildman–Crippen MR) is 315 cm³/mol. The van der Waals surface area contributed by atoms with E-state index in [4.69, 9.17) is 4.74 Å².